The number of aromatic nitrogens is 2. The van der Waals surface area contributed by atoms with Crippen molar-refractivity contribution in [1.82, 2.24) is 13.9 Å². The van der Waals surface area contributed by atoms with Gasteiger partial charge in [-0.1, -0.05) is 30.0 Å². The third kappa shape index (κ3) is 3.58. The Morgan fingerprint density at radius 3 is 2.66 bits per heavy atom. The predicted octanol–water partition coefficient (Wildman–Crippen LogP) is 2.36. The first kappa shape index (κ1) is 20.8. The molecule has 2 aromatic carbocycles. The van der Waals surface area contributed by atoms with Gasteiger partial charge in [0.05, 0.1) is 25.0 Å². The molecule has 0 radical (unpaired) electrons. The molecule has 3 atom stereocenters. The zero-order chi connectivity index (χ0) is 22.3. The quantitative estimate of drug-likeness (QED) is 0.601. The number of anilines is 1. The van der Waals surface area contributed by atoms with Gasteiger partial charge in [0.2, 0.25) is 0 Å². The van der Waals surface area contributed by atoms with Crippen LogP contribution in [-0.2, 0) is 17.1 Å². The van der Waals surface area contributed by atoms with Crippen molar-refractivity contribution in [1.29, 1.82) is 0 Å². The molecule has 3 heterocycles. The minimum absolute atomic E-state index is 0.0386. The fourth-order valence-electron chi connectivity index (χ4n) is 4.68. The molecule has 0 aliphatic carbocycles. The summed E-state index contributed by atoms with van der Waals surface area (Å²) in [4.78, 5) is 4.09. The van der Waals surface area contributed by atoms with Crippen LogP contribution in [0.1, 0.15) is 29.2 Å². The summed E-state index contributed by atoms with van der Waals surface area (Å²) in [5, 5.41) is 13.4. The highest BCUT2D eigenvalue weighted by Crippen LogP contribution is 2.48. The number of aryl methyl sites for hydroxylation is 1. The van der Waals surface area contributed by atoms with Crippen LogP contribution in [0.3, 0.4) is 0 Å². The molecule has 164 valence electrons. The maximum Gasteiger partial charge on any atom is 0.262 e. The van der Waals surface area contributed by atoms with Crippen molar-refractivity contribution < 1.29 is 13.5 Å². The van der Waals surface area contributed by atoms with Gasteiger partial charge in [0.15, 0.2) is 5.03 Å². The fourth-order valence-corrected chi connectivity index (χ4v) is 6.31. The fraction of sp³-hybridized carbons (Fsp3) is 0.292. The van der Waals surface area contributed by atoms with Gasteiger partial charge >= 0.3 is 0 Å². The lowest BCUT2D eigenvalue weighted by atomic mass is 9.83. The number of nitrogens with zero attached hydrogens (tertiary/aromatic N) is 3. The lowest BCUT2D eigenvalue weighted by molar-refractivity contribution is 0.210. The van der Waals surface area contributed by atoms with Crippen molar-refractivity contribution in [3.8, 4) is 11.8 Å². The Morgan fingerprint density at radius 1 is 1.16 bits per heavy atom. The average Bonchev–Trinajstić information content (AvgIpc) is 3.45. The van der Waals surface area contributed by atoms with Crippen molar-refractivity contribution in [3.63, 3.8) is 0 Å². The van der Waals surface area contributed by atoms with Crippen LogP contribution < -0.4 is 5.32 Å². The van der Waals surface area contributed by atoms with Gasteiger partial charge in [0.25, 0.3) is 10.0 Å². The number of fused-ring (bicyclic) bond motifs is 3. The highest BCUT2D eigenvalue weighted by Gasteiger charge is 2.49. The first-order valence-electron chi connectivity index (χ1n) is 10.6. The molecule has 1 saturated heterocycles. The third-order valence-electron chi connectivity index (χ3n) is 6.20. The number of aliphatic hydroxyl groups excluding tert-OH is 1. The number of nitrogens with one attached hydrogen (secondary N) is 1. The molecule has 2 aliphatic heterocycles. The summed E-state index contributed by atoms with van der Waals surface area (Å²) in [5.41, 5.74) is 3.45. The Labute approximate surface area is 187 Å². The molecule has 3 aromatic rings. The number of aliphatic hydroxyl groups is 1. The van der Waals surface area contributed by atoms with E-state index in [9.17, 15) is 13.5 Å². The van der Waals surface area contributed by atoms with E-state index in [2.05, 4.69) is 22.1 Å². The summed E-state index contributed by atoms with van der Waals surface area (Å²) in [7, 11) is -2.03. The minimum atomic E-state index is -3.77. The molecule has 0 amide bonds. The van der Waals surface area contributed by atoms with Gasteiger partial charge < -0.3 is 15.0 Å². The van der Waals surface area contributed by atoms with Crippen LogP contribution in [-0.4, -0.2) is 46.6 Å². The monoisotopic (exact) mass is 448 g/mol. The SMILES string of the molecule is Cn1cnc(S(=O)(=O)N2CC[C@@H]3[C@H]2c2cc(C#Cc4ccccc4)ccc2N[C@@H]3CO)c1. The zero-order valence-corrected chi connectivity index (χ0v) is 18.5. The molecular weight excluding hydrogens is 424 g/mol. The molecule has 5 rings (SSSR count). The first-order valence-corrected chi connectivity index (χ1v) is 12.0. The first-order chi connectivity index (χ1) is 15.5. The van der Waals surface area contributed by atoms with Crippen molar-refractivity contribution in [2.24, 2.45) is 13.0 Å². The van der Waals surface area contributed by atoms with Crippen LogP contribution in [0.4, 0.5) is 5.69 Å². The number of sulfonamides is 1. The molecule has 0 bridgehead atoms. The Morgan fingerprint density at radius 2 is 1.94 bits per heavy atom. The molecule has 2 N–H and O–H groups in total. The maximum absolute atomic E-state index is 13.4. The van der Waals surface area contributed by atoms with Gasteiger partial charge in [-0.3, -0.25) is 0 Å². The smallest absolute Gasteiger partial charge is 0.262 e. The molecular formula is C24H24N4O3S. The van der Waals surface area contributed by atoms with Gasteiger partial charge in [0, 0.05) is 42.5 Å². The third-order valence-corrected chi connectivity index (χ3v) is 7.97. The van der Waals surface area contributed by atoms with Gasteiger partial charge in [0.1, 0.15) is 0 Å². The van der Waals surface area contributed by atoms with E-state index >= 15 is 0 Å². The number of hydrogen-bond donors (Lipinski definition) is 2. The summed E-state index contributed by atoms with van der Waals surface area (Å²) in [6, 6.07) is 15.0. The standard InChI is InChI=1S/C24H24N4O3S/c1-27-14-23(25-16-27)32(30,31)28-12-11-19-22(15-29)26-21-10-9-18(13-20(21)24(19)28)8-7-17-5-3-2-4-6-17/h2-6,9-10,13-14,16,19,22,24,26,29H,11-12,15H2,1H3/t19-,22+,24-/m0/s1. The van der Waals surface area contributed by atoms with Gasteiger partial charge in [-0.05, 0) is 42.3 Å². The molecule has 1 fully saturated rings. The second kappa shape index (κ2) is 8.10. The number of rotatable bonds is 3. The Balaban J connectivity index is 1.56. The largest absolute Gasteiger partial charge is 0.394 e. The molecule has 0 unspecified atom stereocenters. The molecule has 7 nitrogen and oxygen atoms in total. The summed E-state index contributed by atoms with van der Waals surface area (Å²) in [6.07, 6.45) is 3.68. The lowest BCUT2D eigenvalue weighted by Crippen LogP contribution is -2.42. The summed E-state index contributed by atoms with van der Waals surface area (Å²) in [5.74, 6) is 6.32. The van der Waals surface area contributed by atoms with Crippen molar-refractivity contribution in [2.45, 2.75) is 23.5 Å². The van der Waals surface area contributed by atoms with E-state index in [-0.39, 0.29) is 29.6 Å². The van der Waals surface area contributed by atoms with Gasteiger partial charge in [-0.25, -0.2) is 13.4 Å². The summed E-state index contributed by atoms with van der Waals surface area (Å²) in [6.45, 7) is 0.319. The molecule has 0 saturated carbocycles. The molecule has 2 aliphatic rings. The topological polar surface area (TPSA) is 87.5 Å². The van der Waals surface area contributed by atoms with Crippen molar-refractivity contribution in [3.05, 3.63) is 77.7 Å². The van der Waals surface area contributed by atoms with Crippen LogP contribution in [0, 0.1) is 17.8 Å². The average molecular weight is 449 g/mol. The summed E-state index contributed by atoms with van der Waals surface area (Å²) >= 11 is 0. The van der Waals surface area contributed by atoms with E-state index in [1.807, 2.05) is 48.5 Å². The van der Waals surface area contributed by atoms with Crippen LogP contribution in [0.5, 0.6) is 0 Å². The van der Waals surface area contributed by atoms with Gasteiger partial charge in [-0.15, -0.1) is 0 Å². The molecule has 0 spiro atoms. The van der Waals surface area contributed by atoms with Crippen molar-refractivity contribution in [2.75, 3.05) is 18.5 Å². The second-order valence-electron chi connectivity index (χ2n) is 8.24. The zero-order valence-electron chi connectivity index (χ0n) is 17.6. The van der Waals surface area contributed by atoms with E-state index in [1.165, 1.54) is 16.8 Å². The molecule has 1 aromatic heterocycles. The van der Waals surface area contributed by atoms with E-state index in [0.29, 0.717) is 13.0 Å². The van der Waals surface area contributed by atoms with Gasteiger partial charge in [-0.2, -0.15) is 4.31 Å². The predicted molar refractivity (Wildman–Crippen MR) is 121 cm³/mol. The van der Waals surface area contributed by atoms with Crippen LogP contribution in [0.15, 0.2) is 66.1 Å². The highest BCUT2D eigenvalue weighted by molar-refractivity contribution is 7.89. The Hall–Kier alpha value is -3.12. The van der Waals surface area contributed by atoms with Crippen molar-refractivity contribution >= 4 is 15.7 Å². The van der Waals surface area contributed by atoms with Crippen LogP contribution >= 0.6 is 0 Å². The molecule has 32 heavy (non-hydrogen) atoms. The Kier molecular flexibility index (Phi) is 5.25. The highest BCUT2D eigenvalue weighted by atomic mass is 32.2. The summed E-state index contributed by atoms with van der Waals surface area (Å²) < 4.78 is 30.1. The van der Waals surface area contributed by atoms with Crippen LogP contribution in [0.2, 0.25) is 0 Å². The lowest BCUT2D eigenvalue weighted by Gasteiger charge is -2.38. The maximum atomic E-state index is 13.4. The van der Waals surface area contributed by atoms with E-state index < -0.39 is 10.0 Å². The molecule has 8 heteroatoms. The van der Waals surface area contributed by atoms with E-state index in [4.69, 9.17) is 0 Å². The van der Waals surface area contributed by atoms with E-state index in [0.717, 1.165) is 22.4 Å². The normalized spacial score (nSPS) is 22.4. The number of benzene rings is 2. The number of imidazole rings is 1. The van der Waals surface area contributed by atoms with Crippen LogP contribution in [0.25, 0.3) is 0 Å². The van der Waals surface area contributed by atoms with E-state index in [1.54, 1.807) is 11.6 Å². The number of hydrogen-bond acceptors (Lipinski definition) is 5. The minimum Gasteiger partial charge on any atom is -0.394 e. The Bertz CT molecular complexity index is 1310. The second-order valence-corrected chi connectivity index (χ2v) is 10.1.